The monoisotopic (exact) mass is 354 g/mol. The van der Waals surface area contributed by atoms with Gasteiger partial charge in [0.15, 0.2) is 4.80 Å². The summed E-state index contributed by atoms with van der Waals surface area (Å²) in [5, 5.41) is 0. The van der Waals surface area contributed by atoms with Crippen molar-refractivity contribution >= 4 is 43.4 Å². The summed E-state index contributed by atoms with van der Waals surface area (Å²) in [6.07, 6.45) is 1.32. The van der Waals surface area contributed by atoms with Crippen LogP contribution >= 0.6 is 27.3 Å². The molecule has 2 heterocycles. The normalized spacial score (nSPS) is 15.7. The number of para-hydroxylation sites is 1. The molecule has 1 aliphatic rings. The van der Waals surface area contributed by atoms with E-state index in [2.05, 4.69) is 20.9 Å². The molecule has 0 aliphatic carbocycles. The Balaban J connectivity index is 2.08. The Kier molecular flexibility index (Phi) is 3.62. The lowest BCUT2D eigenvalue weighted by atomic mass is 10.3. The van der Waals surface area contributed by atoms with Gasteiger partial charge in [0, 0.05) is 11.5 Å². The number of rotatable bonds is 1. The number of benzene rings is 1. The Morgan fingerprint density at radius 2 is 2.30 bits per heavy atom. The topological polar surface area (TPSA) is 52.8 Å². The number of carbonyl (C=O) groups excluding carboxylic acids is 1. The van der Waals surface area contributed by atoms with Crippen molar-refractivity contribution in [2.75, 3.05) is 13.2 Å². The van der Waals surface area contributed by atoms with Crippen LogP contribution in [0.25, 0.3) is 10.2 Å². The van der Waals surface area contributed by atoms with Gasteiger partial charge in [0.2, 0.25) is 5.76 Å². The van der Waals surface area contributed by atoms with E-state index in [1.54, 1.807) is 0 Å². The van der Waals surface area contributed by atoms with E-state index < -0.39 is 5.91 Å². The standard InChI is InChI=1S/C13H11BrN2O3S/c1-16-11-8(14)3-2-4-10(11)20-13(16)15-12(17)9-7-18-5-6-19-9/h2-4,7H,5-6H2,1H3. The average molecular weight is 355 g/mol. The molecular weight excluding hydrogens is 344 g/mol. The summed E-state index contributed by atoms with van der Waals surface area (Å²) in [6.45, 7) is 0.831. The van der Waals surface area contributed by atoms with Gasteiger partial charge >= 0.3 is 5.91 Å². The van der Waals surface area contributed by atoms with Crippen LogP contribution in [-0.4, -0.2) is 23.7 Å². The minimum atomic E-state index is -0.428. The van der Waals surface area contributed by atoms with Gasteiger partial charge in [-0.2, -0.15) is 4.99 Å². The maximum absolute atomic E-state index is 12.0. The van der Waals surface area contributed by atoms with E-state index in [1.807, 2.05) is 29.8 Å². The highest BCUT2D eigenvalue weighted by atomic mass is 79.9. The van der Waals surface area contributed by atoms with Crippen LogP contribution in [0, 0.1) is 0 Å². The number of hydrogen-bond acceptors (Lipinski definition) is 4. The Bertz CT molecular complexity index is 776. The molecule has 0 atom stereocenters. The van der Waals surface area contributed by atoms with Gasteiger partial charge in [-0.3, -0.25) is 4.79 Å². The molecule has 0 unspecified atom stereocenters. The highest BCUT2D eigenvalue weighted by Gasteiger charge is 2.15. The largest absolute Gasteiger partial charge is 0.494 e. The lowest BCUT2D eigenvalue weighted by Gasteiger charge is -2.12. The van der Waals surface area contributed by atoms with Gasteiger partial charge < -0.3 is 14.0 Å². The van der Waals surface area contributed by atoms with Crippen molar-refractivity contribution in [3.05, 3.63) is 39.5 Å². The first-order chi connectivity index (χ1) is 9.66. The second kappa shape index (κ2) is 5.41. The van der Waals surface area contributed by atoms with E-state index in [0.717, 1.165) is 14.7 Å². The third-order valence-electron chi connectivity index (χ3n) is 2.83. The number of ether oxygens (including phenoxy) is 2. The quantitative estimate of drug-likeness (QED) is 0.789. The number of nitrogens with zero attached hydrogens (tertiary/aromatic N) is 2. The molecule has 2 aromatic rings. The van der Waals surface area contributed by atoms with Crippen LogP contribution in [0.3, 0.4) is 0 Å². The van der Waals surface area contributed by atoms with E-state index in [-0.39, 0.29) is 5.76 Å². The van der Waals surface area contributed by atoms with Crippen LogP contribution < -0.4 is 4.80 Å². The number of aromatic nitrogens is 1. The molecule has 3 rings (SSSR count). The van der Waals surface area contributed by atoms with Crippen molar-refractivity contribution in [3.63, 3.8) is 0 Å². The molecule has 0 saturated carbocycles. The van der Waals surface area contributed by atoms with E-state index in [4.69, 9.17) is 9.47 Å². The summed E-state index contributed by atoms with van der Waals surface area (Å²) >= 11 is 4.96. The highest BCUT2D eigenvalue weighted by molar-refractivity contribution is 9.10. The fourth-order valence-corrected chi connectivity index (χ4v) is 3.69. The predicted molar refractivity (Wildman–Crippen MR) is 79.1 cm³/mol. The SMILES string of the molecule is Cn1c(=NC(=O)C2=COCCO2)sc2cccc(Br)c21. The lowest BCUT2D eigenvalue weighted by molar-refractivity contribution is -0.119. The summed E-state index contributed by atoms with van der Waals surface area (Å²) in [5.74, 6) is -0.282. The van der Waals surface area contributed by atoms with Crippen molar-refractivity contribution < 1.29 is 14.3 Å². The van der Waals surface area contributed by atoms with Gasteiger partial charge in [-0.1, -0.05) is 17.4 Å². The second-order valence-corrected chi connectivity index (χ2v) is 6.01. The smallest absolute Gasteiger partial charge is 0.317 e. The average Bonchev–Trinajstić information content (AvgIpc) is 2.78. The van der Waals surface area contributed by atoms with Crippen LogP contribution in [0.5, 0.6) is 0 Å². The summed E-state index contributed by atoms with van der Waals surface area (Å²) < 4.78 is 14.2. The Hall–Kier alpha value is -1.60. The zero-order valence-corrected chi connectivity index (χ0v) is 13.0. The fraction of sp³-hybridized carbons (Fsp3) is 0.231. The molecule has 1 amide bonds. The first-order valence-electron chi connectivity index (χ1n) is 5.94. The van der Waals surface area contributed by atoms with Crippen molar-refractivity contribution in [2.45, 2.75) is 0 Å². The molecule has 7 heteroatoms. The zero-order valence-electron chi connectivity index (χ0n) is 10.6. The van der Waals surface area contributed by atoms with Crippen molar-refractivity contribution in [1.82, 2.24) is 4.57 Å². The Labute approximate surface area is 127 Å². The number of thiazole rings is 1. The second-order valence-electron chi connectivity index (χ2n) is 4.15. The highest BCUT2D eigenvalue weighted by Crippen LogP contribution is 2.24. The van der Waals surface area contributed by atoms with Crippen molar-refractivity contribution in [1.29, 1.82) is 0 Å². The maximum Gasteiger partial charge on any atom is 0.317 e. The predicted octanol–water partition coefficient (Wildman–Crippen LogP) is 2.32. The lowest BCUT2D eigenvalue weighted by Crippen LogP contribution is -2.18. The molecule has 20 heavy (non-hydrogen) atoms. The van der Waals surface area contributed by atoms with Crippen LogP contribution in [0.4, 0.5) is 0 Å². The van der Waals surface area contributed by atoms with Crippen LogP contribution in [-0.2, 0) is 21.3 Å². The molecule has 0 N–H and O–H groups in total. The molecule has 5 nitrogen and oxygen atoms in total. The Morgan fingerprint density at radius 1 is 1.45 bits per heavy atom. The van der Waals surface area contributed by atoms with Gasteiger partial charge in [0.05, 0.1) is 10.2 Å². The van der Waals surface area contributed by atoms with Crippen molar-refractivity contribution in [3.8, 4) is 0 Å². The molecular formula is C13H11BrN2O3S. The number of fused-ring (bicyclic) bond motifs is 1. The first-order valence-corrected chi connectivity index (χ1v) is 7.55. The molecule has 1 aliphatic heterocycles. The zero-order chi connectivity index (χ0) is 14.1. The summed E-state index contributed by atoms with van der Waals surface area (Å²) in [4.78, 5) is 16.7. The first kappa shape index (κ1) is 13.4. The van der Waals surface area contributed by atoms with Gasteiger partial charge in [-0.05, 0) is 28.1 Å². The minimum absolute atomic E-state index is 0.146. The number of aryl methyl sites for hydroxylation is 1. The number of carbonyl (C=O) groups is 1. The van der Waals surface area contributed by atoms with Gasteiger partial charge in [0.25, 0.3) is 0 Å². The number of halogens is 1. The fourth-order valence-electron chi connectivity index (χ4n) is 1.89. The third-order valence-corrected chi connectivity index (χ3v) is 4.57. The molecule has 1 aromatic heterocycles. The van der Waals surface area contributed by atoms with E-state index in [0.29, 0.717) is 18.0 Å². The van der Waals surface area contributed by atoms with E-state index in [1.165, 1.54) is 17.6 Å². The number of hydrogen-bond donors (Lipinski definition) is 0. The molecule has 0 saturated heterocycles. The molecule has 0 bridgehead atoms. The van der Waals surface area contributed by atoms with E-state index >= 15 is 0 Å². The minimum Gasteiger partial charge on any atom is -0.494 e. The third kappa shape index (κ3) is 2.38. The van der Waals surface area contributed by atoms with Gasteiger partial charge in [-0.15, -0.1) is 0 Å². The van der Waals surface area contributed by atoms with Gasteiger partial charge in [-0.25, -0.2) is 0 Å². The van der Waals surface area contributed by atoms with Crippen LogP contribution in [0.1, 0.15) is 0 Å². The van der Waals surface area contributed by atoms with Crippen LogP contribution in [0.15, 0.2) is 39.7 Å². The molecule has 0 radical (unpaired) electrons. The molecule has 0 spiro atoms. The summed E-state index contributed by atoms with van der Waals surface area (Å²) in [5.41, 5.74) is 1.01. The molecule has 1 aromatic carbocycles. The van der Waals surface area contributed by atoms with Gasteiger partial charge in [0.1, 0.15) is 19.5 Å². The van der Waals surface area contributed by atoms with E-state index in [9.17, 15) is 4.79 Å². The molecule has 0 fully saturated rings. The summed E-state index contributed by atoms with van der Waals surface area (Å²) in [7, 11) is 1.88. The maximum atomic E-state index is 12.0. The number of amides is 1. The summed E-state index contributed by atoms with van der Waals surface area (Å²) in [6, 6.07) is 5.91. The Morgan fingerprint density at radius 3 is 3.00 bits per heavy atom. The van der Waals surface area contributed by atoms with Crippen molar-refractivity contribution in [2.24, 2.45) is 12.0 Å². The molecule has 104 valence electrons. The van der Waals surface area contributed by atoms with Crippen LogP contribution in [0.2, 0.25) is 0 Å².